The van der Waals surface area contributed by atoms with Gasteiger partial charge in [0.25, 0.3) is 0 Å². The molecule has 0 atom stereocenters. The standard InChI is InChI=1S/C22H25N3O2S/c1-4-13-25-20(16-27-21-17(2)9-8-10-18(21)3)23-24-22(25)28-15-14-26-19-11-6-5-7-12-19/h4-12H,1,13-16H2,2-3H3. The van der Waals surface area contributed by atoms with Gasteiger partial charge in [-0.2, -0.15) is 0 Å². The molecule has 0 radical (unpaired) electrons. The van der Waals surface area contributed by atoms with Crippen LogP contribution in [0.3, 0.4) is 0 Å². The second-order valence-electron chi connectivity index (χ2n) is 6.32. The van der Waals surface area contributed by atoms with Crippen LogP contribution in [0.4, 0.5) is 0 Å². The van der Waals surface area contributed by atoms with Crippen LogP contribution in [0.25, 0.3) is 0 Å². The van der Waals surface area contributed by atoms with E-state index in [0.29, 0.717) is 19.8 Å². The summed E-state index contributed by atoms with van der Waals surface area (Å²) in [5.41, 5.74) is 2.23. The van der Waals surface area contributed by atoms with Gasteiger partial charge < -0.3 is 9.47 Å². The first kappa shape index (κ1) is 20.0. The lowest BCUT2D eigenvalue weighted by molar-refractivity contribution is 0.285. The SMILES string of the molecule is C=CCn1c(COc2c(C)cccc2C)nnc1SCCOc1ccccc1. The van der Waals surface area contributed by atoms with Gasteiger partial charge in [-0.1, -0.05) is 54.2 Å². The van der Waals surface area contributed by atoms with E-state index in [4.69, 9.17) is 9.47 Å². The number of ether oxygens (including phenoxy) is 2. The molecule has 2 aromatic carbocycles. The summed E-state index contributed by atoms with van der Waals surface area (Å²) < 4.78 is 13.8. The fourth-order valence-electron chi connectivity index (χ4n) is 2.82. The zero-order valence-corrected chi connectivity index (χ0v) is 17.1. The number of allylic oxidation sites excluding steroid dienone is 1. The van der Waals surface area contributed by atoms with E-state index in [9.17, 15) is 0 Å². The number of thioether (sulfide) groups is 1. The molecule has 0 saturated carbocycles. The fraction of sp³-hybridized carbons (Fsp3) is 0.273. The number of para-hydroxylation sites is 2. The first-order valence-electron chi connectivity index (χ1n) is 9.21. The third-order valence-corrected chi connectivity index (χ3v) is 5.12. The van der Waals surface area contributed by atoms with Gasteiger partial charge in [-0.3, -0.25) is 4.57 Å². The van der Waals surface area contributed by atoms with E-state index in [2.05, 4.69) is 16.8 Å². The van der Waals surface area contributed by atoms with Gasteiger partial charge in [0.1, 0.15) is 18.1 Å². The summed E-state index contributed by atoms with van der Waals surface area (Å²) in [6.45, 7) is 9.55. The van der Waals surface area contributed by atoms with Crippen molar-refractivity contribution in [3.63, 3.8) is 0 Å². The molecule has 28 heavy (non-hydrogen) atoms. The van der Waals surface area contributed by atoms with Crippen molar-refractivity contribution < 1.29 is 9.47 Å². The second-order valence-corrected chi connectivity index (χ2v) is 7.38. The smallest absolute Gasteiger partial charge is 0.191 e. The van der Waals surface area contributed by atoms with Gasteiger partial charge >= 0.3 is 0 Å². The first-order valence-corrected chi connectivity index (χ1v) is 10.2. The second kappa shape index (κ2) is 9.99. The van der Waals surface area contributed by atoms with E-state index < -0.39 is 0 Å². The molecule has 5 nitrogen and oxygen atoms in total. The average Bonchev–Trinajstić information content (AvgIpc) is 3.08. The minimum absolute atomic E-state index is 0.369. The number of rotatable bonds is 10. The van der Waals surface area contributed by atoms with Crippen LogP contribution in [0.5, 0.6) is 11.5 Å². The van der Waals surface area contributed by atoms with Crippen LogP contribution in [0.15, 0.2) is 66.3 Å². The Hall–Kier alpha value is -2.73. The van der Waals surface area contributed by atoms with Gasteiger partial charge in [0.2, 0.25) is 0 Å². The van der Waals surface area contributed by atoms with Crippen LogP contribution in [0.2, 0.25) is 0 Å². The Kier molecular flexibility index (Phi) is 7.14. The zero-order valence-electron chi connectivity index (χ0n) is 16.3. The molecular weight excluding hydrogens is 370 g/mol. The van der Waals surface area contributed by atoms with Crippen molar-refractivity contribution in [3.8, 4) is 11.5 Å². The Balaban J connectivity index is 1.60. The molecule has 0 spiro atoms. The summed E-state index contributed by atoms with van der Waals surface area (Å²) in [4.78, 5) is 0. The van der Waals surface area contributed by atoms with E-state index >= 15 is 0 Å². The average molecular weight is 396 g/mol. The van der Waals surface area contributed by atoms with Gasteiger partial charge in [-0.05, 0) is 37.1 Å². The molecule has 0 bridgehead atoms. The first-order chi connectivity index (χ1) is 13.7. The molecule has 1 heterocycles. The number of hydrogen-bond acceptors (Lipinski definition) is 5. The topological polar surface area (TPSA) is 49.2 Å². The molecule has 146 valence electrons. The molecule has 0 unspecified atom stereocenters. The predicted octanol–water partition coefficient (Wildman–Crippen LogP) is 4.83. The summed E-state index contributed by atoms with van der Waals surface area (Å²) in [7, 11) is 0. The monoisotopic (exact) mass is 395 g/mol. The highest BCUT2D eigenvalue weighted by atomic mass is 32.2. The summed E-state index contributed by atoms with van der Waals surface area (Å²) in [5.74, 6) is 3.34. The minimum Gasteiger partial charge on any atom is -0.493 e. The Morgan fingerprint density at radius 1 is 1.00 bits per heavy atom. The molecule has 3 rings (SSSR count). The van der Waals surface area contributed by atoms with E-state index in [1.165, 1.54) is 0 Å². The number of benzene rings is 2. The fourth-order valence-corrected chi connectivity index (χ4v) is 3.60. The molecule has 0 N–H and O–H groups in total. The highest BCUT2D eigenvalue weighted by Crippen LogP contribution is 2.24. The number of hydrogen-bond donors (Lipinski definition) is 0. The summed E-state index contributed by atoms with van der Waals surface area (Å²) >= 11 is 1.62. The van der Waals surface area contributed by atoms with Crippen LogP contribution >= 0.6 is 11.8 Å². The van der Waals surface area contributed by atoms with Crippen LogP contribution in [0.1, 0.15) is 17.0 Å². The molecule has 0 amide bonds. The lowest BCUT2D eigenvalue weighted by Gasteiger charge is -2.12. The molecule has 0 saturated heterocycles. The van der Waals surface area contributed by atoms with E-state index in [0.717, 1.165) is 39.4 Å². The van der Waals surface area contributed by atoms with E-state index in [1.54, 1.807) is 11.8 Å². The van der Waals surface area contributed by atoms with E-state index in [-0.39, 0.29) is 0 Å². The Bertz CT molecular complexity index is 889. The van der Waals surface area contributed by atoms with Crippen molar-refractivity contribution in [2.75, 3.05) is 12.4 Å². The molecule has 0 aliphatic heterocycles. The molecule has 6 heteroatoms. The lowest BCUT2D eigenvalue weighted by atomic mass is 10.1. The highest BCUT2D eigenvalue weighted by Gasteiger charge is 2.13. The van der Waals surface area contributed by atoms with Crippen molar-refractivity contribution in [1.29, 1.82) is 0 Å². The Morgan fingerprint density at radius 3 is 2.46 bits per heavy atom. The van der Waals surface area contributed by atoms with Gasteiger partial charge in [0.15, 0.2) is 11.0 Å². The van der Waals surface area contributed by atoms with Crippen LogP contribution in [-0.2, 0) is 13.2 Å². The van der Waals surface area contributed by atoms with Crippen LogP contribution < -0.4 is 9.47 Å². The van der Waals surface area contributed by atoms with Gasteiger partial charge in [-0.15, -0.1) is 16.8 Å². The van der Waals surface area contributed by atoms with Gasteiger partial charge in [0, 0.05) is 12.3 Å². The Labute approximate surface area is 170 Å². The van der Waals surface area contributed by atoms with Crippen LogP contribution in [0, 0.1) is 13.8 Å². The predicted molar refractivity (Wildman–Crippen MR) is 113 cm³/mol. The molecule has 0 aliphatic rings. The van der Waals surface area contributed by atoms with Crippen LogP contribution in [-0.4, -0.2) is 27.1 Å². The summed E-state index contributed by atoms with van der Waals surface area (Å²) in [5, 5.41) is 9.50. The summed E-state index contributed by atoms with van der Waals surface area (Å²) in [6, 6.07) is 15.9. The maximum absolute atomic E-state index is 6.05. The molecule has 0 fully saturated rings. The summed E-state index contributed by atoms with van der Waals surface area (Å²) in [6.07, 6.45) is 1.84. The third-order valence-electron chi connectivity index (χ3n) is 4.19. The normalized spacial score (nSPS) is 10.6. The van der Waals surface area contributed by atoms with Gasteiger partial charge in [0.05, 0.1) is 6.61 Å². The zero-order chi connectivity index (χ0) is 19.8. The lowest BCUT2D eigenvalue weighted by Crippen LogP contribution is -2.09. The molecule has 0 aliphatic carbocycles. The molecule has 3 aromatic rings. The molecular formula is C22H25N3O2S. The number of aromatic nitrogens is 3. The minimum atomic E-state index is 0.369. The van der Waals surface area contributed by atoms with E-state index in [1.807, 2.05) is 73.0 Å². The molecule has 1 aromatic heterocycles. The van der Waals surface area contributed by atoms with Crippen molar-refractivity contribution in [1.82, 2.24) is 14.8 Å². The maximum Gasteiger partial charge on any atom is 0.191 e. The quantitative estimate of drug-likeness (QED) is 0.279. The van der Waals surface area contributed by atoms with Crippen molar-refractivity contribution in [3.05, 3.63) is 78.1 Å². The van der Waals surface area contributed by atoms with Gasteiger partial charge in [-0.25, -0.2) is 0 Å². The largest absolute Gasteiger partial charge is 0.493 e. The van der Waals surface area contributed by atoms with Crippen molar-refractivity contribution >= 4 is 11.8 Å². The highest BCUT2D eigenvalue weighted by molar-refractivity contribution is 7.99. The van der Waals surface area contributed by atoms with Crippen molar-refractivity contribution in [2.45, 2.75) is 32.2 Å². The number of aryl methyl sites for hydroxylation is 2. The maximum atomic E-state index is 6.05. The Morgan fingerprint density at radius 2 is 1.75 bits per heavy atom. The third kappa shape index (κ3) is 5.16. The number of nitrogens with zero attached hydrogens (tertiary/aromatic N) is 3. The van der Waals surface area contributed by atoms with Crippen molar-refractivity contribution in [2.24, 2.45) is 0 Å².